The summed E-state index contributed by atoms with van der Waals surface area (Å²) >= 11 is 5.77. The second-order valence-electron chi connectivity index (χ2n) is 3.29. The summed E-state index contributed by atoms with van der Waals surface area (Å²) in [5, 5.41) is 10.3. The molecule has 0 aliphatic heterocycles. The van der Waals surface area contributed by atoms with Gasteiger partial charge in [-0.15, -0.1) is 0 Å². The van der Waals surface area contributed by atoms with Gasteiger partial charge in [-0.05, 0) is 12.5 Å². The van der Waals surface area contributed by atoms with Crippen molar-refractivity contribution >= 4 is 17.4 Å². The van der Waals surface area contributed by atoms with Crippen molar-refractivity contribution in [3.8, 4) is 0 Å². The zero-order chi connectivity index (χ0) is 10.6. The molecule has 0 aliphatic carbocycles. The molecule has 0 saturated heterocycles. The minimum atomic E-state index is -0.554. The average molecular weight is 215 g/mol. The molecule has 3 N–H and O–H groups in total. The summed E-state index contributed by atoms with van der Waals surface area (Å²) in [6, 6.07) is 1.67. The fourth-order valence-corrected chi connectivity index (χ4v) is 1.45. The van der Waals surface area contributed by atoms with Crippen molar-refractivity contribution in [2.45, 2.75) is 32.3 Å². The van der Waals surface area contributed by atoms with Crippen LogP contribution in [0.15, 0.2) is 12.3 Å². The number of halogens is 1. The summed E-state index contributed by atoms with van der Waals surface area (Å²) in [6.07, 6.45) is 3.63. The van der Waals surface area contributed by atoms with Gasteiger partial charge in [-0.3, -0.25) is 0 Å². The fourth-order valence-electron chi connectivity index (χ4n) is 1.29. The lowest BCUT2D eigenvalue weighted by Crippen LogP contribution is -2.04. The van der Waals surface area contributed by atoms with E-state index in [0.29, 0.717) is 22.8 Å². The minimum Gasteiger partial charge on any atom is -0.388 e. The maximum absolute atomic E-state index is 9.78. The van der Waals surface area contributed by atoms with Crippen LogP contribution in [0, 0.1) is 0 Å². The van der Waals surface area contributed by atoms with Crippen molar-refractivity contribution in [1.82, 2.24) is 4.98 Å². The van der Waals surface area contributed by atoms with Crippen LogP contribution in [0.2, 0.25) is 5.02 Å². The van der Waals surface area contributed by atoms with E-state index in [2.05, 4.69) is 11.9 Å². The number of hydrogen-bond acceptors (Lipinski definition) is 3. The number of hydrogen-bond donors (Lipinski definition) is 2. The third-order valence-electron chi connectivity index (χ3n) is 2.11. The van der Waals surface area contributed by atoms with Crippen LogP contribution in [0.4, 0.5) is 5.82 Å². The summed E-state index contributed by atoms with van der Waals surface area (Å²) < 4.78 is 0. The molecule has 0 radical (unpaired) electrons. The van der Waals surface area contributed by atoms with E-state index in [-0.39, 0.29) is 0 Å². The first kappa shape index (κ1) is 11.3. The lowest BCUT2D eigenvalue weighted by atomic mass is 10.1. The number of anilines is 1. The van der Waals surface area contributed by atoms with Gasteiger partial charge < -0.3 is 10.8 Å². The molecule has 0 aromatic carbocycles. The van der Waals surface area contributed by atoms with Crippen LogP contribution in [-0.4, -0.2) is 10.1 Å². The zero-order valence-corrected chi connectivity index (χ0v) is 8.96. The van der Waals surface area contributed by atoms with Crippen LogP contribution in [0.25, 0.3) is 0 Å². The maximum Gasteiger partial charge on any atom is 0.129 e. The van der Waals surface area contributed by atoms with E-state index >= 15 is 0 Å². The normalized spacial score (nSPS) is 12.8. The Morgan fingerprint density at radius 3 is 3.00 bits per heavy atom. The van der Waals surface area contributed by atoms with Crippen LogP contribution in [0.1, 0.15) is 37.9 Å². The second-order valence-corrected chi connectivity index (χ2v) is 3.72. The Balaban J connectivity index is 2.77. The van der Waals surface area contributed by atoms with E-state index in [1.165, 1.54) is 6.20 Å². The first-order valence-electron chi connectivity index (χ1n) is 4.74. The molecule has 1 heterocycles. The van der Waals surface area contributed by atoms with E-state index in [1.807, 2.05) is 0 Å². The summed E-state index contributed by atoms with van der Waals surface area (Å²) in [4.78, 5) is 3.89. The average Bonchev–Trinajstić information content (AvgIpc) is 2.18. The number of nitrogens with zero attached hydrogens (tertiary/aromatic N) is 1. The van der Waals surface area contributed by atoms with Gasteiger partial charge in [0, 0.05) is 11.8 Å². The summed E-state index contributed by atoms with van der Waals surface area (Å²) in [5.74, 6) is 0.359. The van der Waals surface area contributed by atoms with Crippen molar-refractivity contribution in [1.29, 1.82) is 0 Å². The molecule has 1 unspecified atom stereocenters. The number of aliphatic hydroxyl groups is 1. The van der Waals surface area contributed by atoms with E-state index < -0.39 is 6.10 Å². The third kappa shape index (κ3) is 2.86. The maximum atomic E-state index is 9.78. The molecule has 0 aliphatic rings. The molecule has 1 atom stereocenters. The highest BCUT2D eigenvalue weighted by Crippen LogP contribution is 2.25. The Bertz CT molecular complexity index is 304. The Morgan fingerprint density at radius 2 is 2.36 bits per heavy atom. The molecule has 4 heteroatoms. The highest BCUT2D eigenvalue weighted by molar-refractivity contribution is 6.30. The van der Waals surface area contributed by atoms with Crippen molar-refractivity contribution in [2.75, 3.05) is 5.73 Å². The third-order valence-corrected chi connectivity index (χ3v) is 2.31. The van der Waals surface area contributed by atoms with Crippen LogP contribution >= 0.6 is 11.6 Å². The van der Waals surface area contributed by atoms with Gasteiger partial charge in [0.2, 0.25) is 0 Å². The van der Waals surface area contributed by atoms with Gasteiger partial charge in [0.1, 0.15) is 5.82 Å². The fraction of sp³-hybridized carbons (Fsp3) is 0.500. The van der Waals surface area contributed by atoms with Gasteiger partial charge in [0.15, 0.2) is 0 Å². The van der Waals surface area contributed by atoms with Gasteiger partial charge in [-0.2, -0.15) is 0 Å². The lowest BCUT2D eigenvalue weighted by molar-refractivity contribution is 0.164. The molecule has 78 valence electrons. The number of rotatable bonds is 4. The molecular weight excluding hydrogens is 200 g/mol. The molecule has 0 saturated carbocycles. The van der Waals surface area contributed by atoms with Crippen LogP contribution in [-0.2, 0) is 0 Å². The highest BCUT2D eigenvalue weighted by atomic mass is 35.5. The number of pyridine rings is 1. The predicted octanol–water partition coefficient (Wildman–Crippen LogP) is 2.54. The summed E-state index contributed by atoms with van der Waals surface area (Å²) in [5.41, 5.74) is 6.26. The van der Waals surface area contributed by atoms with E-state index in [4.69, 9.17) is 17.3 Å². The monoisotopic (exact) mass is 214 g/mol. The Morgan fingerprint density at radius 1 is 1.64 bits per heavy atom. The highest BCUT2D eigenvalue weighted by Gasteiger charge is 2.11. The summed E-state index contributed by atoms with van der Waals surface area (Å²) in [6.45, 7) is 2.08. The smallest absolute Gasteiger partial charge is 0.129 e. The van der Waals surface area contributed by atoms with Crippen molar-refractivity contribution in [2.24, 2.45) is 0 Å². The largest absolute Gasteiger partial charge is 0.388 e. The topological polar surface area (TPSA) is 59.1 Å². The van der Waals surface area contributed by atoms with Gasteiger partial charge in [0.05, 0.1) is 11.1 Å². The number of nitrogens with two attached hydrogens (primary N) is 1. The Labute approximate surface area is 88.9 Å². The number of nitrogen functional groups attached to an aromatic ring is 1. The molecular formula is C10H15ClN2O. The molecule has 1 rings (SSSR count). The van der Waals surface area contributed by atoms with Gasteiger partial charge in [0.25, 0.3) is 0 Å². The quantitative estimate of drug-likeness (QED) is 0.810. The Hall–Kier alpha value is -0.800. The van der Waals surface area contributed by atoms with Gasteiger partial charge >= 0.3 is 0 Å². The van der Waals surface area contributed by atoms with Crippen molar-refractivity contribution < 1.29 is 5.11 Å². The van der Waals surface area contributed by atoms with Gasteiger partial charge in [-0.25, -0.2) is 4.98 Å². The number of unbranched alkanes of at least 4 members (excludes halogenated alkanes) is 1. The van der Waals surface area contributed by atoms with Crippen LogP contribution in [0.3, 0.4) is 0 Å². The lowest BCUT2D eigenvalue weighted by Gasteiger charge is -2.12. The number of aromatic nitrogens is 1. The van der Waals surface area contributed by atoms with Crippen LogP contribution < -0.4 is 5.73 Å². The van der Waals surface area contributed by atoms with Crippen LogP contribution in [0.5, 0.6) is 0 Å². The second kappa shape index (κ2) is 5.17. The predicted molar refractivity (Wildman–Crippen MR) is 58.1 cm³/mol. The minimum absolute atomic E-state index is 0.359. The molecule has 1 aromatic heterocycles. The van der Waals surface area contributed by atoms with E-state index in [1.54, 1.807) is 6.07 Å². The molecule has 1 aromatic rings. The molecule has 0 spiro atoms. The molecule has 0 bridgehead atoms. The molecule has 3 nitrogen and oxygen atoms in total. The van der Waals surface area contributed by atoms with Gasteiger partial charge in [-0.1, -0.05) is 31.4 Å². The van der Waals surface area contributed by atoms with Crippen molar-refractivity contribution in [3.63, 3.8) is 0 Å². The standard InChI is InChI=1S/C10H15ClN2O/c1-2-3-4-9(14)8-5-7(11)6-13-10(8)12/h5-6,9,14H,2-4H2,1H3,(H2,12,13). The molecule has 0 amide bonds. The first-order chi connectivity index (χ1) is 6.65. The first-order valence-corrected chi connectivity index (χ1v) is 5.12. The van der Waals surface area contributed by atoms with E-state index in [9.17, 15) is 5.11 Å². The summed E-state index contributed by atoms with van der Waals surface area (Å²) in [7, 11) is 0. The zero-order valence-electron chi connectivity index (χ0n) is 8.20. The molecule has 14 heavy (non-hydrogen) atoms. The Kier molecular flexibility index (Phi) is 4.17. The number of aliphatic hydroxyl groups excluding tert-OH is 1. The van der Waals surface area contributed by atoms with Crippen molar-refractivity contribution in [3.05, 3.63) is 22.8 Å². The SMILES string of the molecule is CCCCC(O)c1cc(Cl)cnc1N. The van der Waals surface area contributed by atoms with E-state index in [0.717, 1.165) is 12.8 Å². The molecule has 0 fully saturated rings.